The van der Waals surface area contributed by atoms with E-state index >= 15 is 0 Å². The van der Waals surface area contributed by atoms with Crippen molar-refractivity contribution in [1.82, 2.24) is 0 Å². The highest BCUT2D eigenvalue weighted by Gasteiger charge is 2.16. The highest BCUT2D eigenvalue weighted by Crippen LogP contribution is 2.36. The zero-order valence-electron chi connectivity index (χ0n) is 12.0. The third-order valence-electron chi connectivity index (χ3n) is 2.65. The summed E-state index contributed by atoms with van der Waals surface area (Å²) in [5, 5.41) is 0. The summed E-state index contributed by atoms with van der Waals surface area (Å²) in [6.45, 7) is 2.31. The Labute approximate surface area is 118 Å². The summed E-state index contributed by atoms with van der Waals surface area (Å²) in [7, 11) is 3.10. The zero-order valence-corrected chi connectivity index (χ0v) is 12.0. The molecule has 2 N–H and O–H groups in total. The van der Waals surface area contributed by atoms with E-state index in [0.717, 1.165) is 0 Å². The van der Waals surface area contributed by atoms with Crippen LogP contribution in [0.2, 0.25) is 0 Å². The highest BCUT2D eigenvalue weighted by atomic mass is 16.5. The number of ether oxygens (including phenoxy) is 4. The molecular weight excluding hydrogens is 262 g/mol. The van der Waals surface area contributed by atoms with E-state index in [1.807, 2.05) is 0 Å². The summed E-state index contributed by atoms with van der Waals surface area (Å²) in [5.74, 6) is 1.19. The summed E-state index contributed by atoms with van der Waals surface area (Å²) in [4.78, 5) is 11.4. The van der Waals surface area contributed by atoms with Crippen molar-refractivity contribution in [2.24, 2.45) is 5.73 Å². The topological polar surface area (TPSA) is 80.0 Å². The second-order valence-electron chi connectivity index (χ2n) is 3.99. The molecule has 1 aromatic rings. The van der Waals surface area contributed by atoms with Crippen molar-refractivity contribution in [3.63, 3.8) is 0 Å². The number of methoxy groups -OCH3 is 2. The van der Waals surface area contributed by atoms with Crippen LogP contribution in [0.25, 0.3) is 0 Å². The molecule has 0 spiro atoms. The predicted molar refractivity (Wildman–Crippen MR) is 74.3 cm³/mol. The summed E-state index contributed by atoms with van der Waals surface area (Å²) >= 11 is 0. The van der Waals surface area contributed by atoms with E-state index in [-0.39, 0.29) is 6.61 Å². The van der Waals surface area contributed by atoms with Gasteiger partial charge in [-0.15, -0.1) is 0 Å². The number of esters is 1. The average molecular weight is 283 g/mol. The highest BCUT2D eigenvalue weighted by molar-refractivity contribution is 5.75. The Balaban J connectivity index is 2.59. The first-order valence-electron chi connectivity index (χ1n) is 6.40. The lowest BCUT2D eigenvalue weighted by Crippen LogP contribution is -2.33. The van der Waals surface area contributed by atoms with Crippen molar-refractivity contribution >= 4 is 5.97 Å². The Kier molecular flexibility index (Phi) is 6.66. The molecule has 0 aliphatic carbocycles. The van der Waals surface area contributed by atoms with Crippen LogP contribution in [0.15, 0.2) is 18.2 Å². The number of hydrogen-bond acceptors (Lipinski definition) is 6. The lowest BCUT2D eigenvalue weighted by Gasteiger charge is -2.15. The SMILES string of the molecule is CCOC(=O)C(N)CCOc1c(OC)cccc1OC. The normalized spacial score (nSPS) is 11.6. The molecule has 0 heterocycles. The van der Waals surface area contributed by atoms with Crippen molar-refractivity contribution in [1.29, 1.82) is 0 Å². The number of hydrogen-bond donors (Lipinski definition) is 1. The van der Waals surface area contributed by atoms with Gasteiger partial charge in [0.25, 0.3) is 0 Å². The van der Waals surface area contributed by atoms with Gasteiger partial charge < -0.3 is 24.7 Å². The van der Waals surface area contributed by atoms with Crippen molar-refractivity contribution < 1.29 is 23.7 Å². The first kappa shape index (κ1) is 16.1. The van der Waals surface area contributed by atoms with Crippen molar-refractivity contribution in [2.75, 3.05) is 27.4 Å². The molecule has 112 valence electrons. The van der Waals surface area contributed by atoms with Crippen LogP contribution in [0.3, 0.4) is 0 Å². The Bertz CT molecular complexity index is 413. The van der Waals surface area contributed by atoms with Crippen LogP contribution in [-0.2, 0) is 9.53 Å². The van der Waals surface area contributed by atoms with Gasteiger partial charge in [-0.25, -0.2) is 0 Å². The van der Waals surface area contributed by atoms with E-state index < -0.39 is 12.0 Å². The minimum absolute atomic E-state index is 0.261. The number of rotatable bonds is 8. The molecule has 0 fully saturated rings. The number of para-hydroxylation sites is 1. The van der Waals surface area contributed by atoms with Gasteiger partial charge in [0.05, 0.1) is 27.4 Å². The number of benzene rings is 1. The fraction of sp³-hybridized carbons (Fsp3) is 0.500. The summed E-state index contributed by atoms with van der Waals surface area (Å²) in [5.41, 5.74) is 5.69. The summed E-state index contributed by atoms with van der Waals surface area (Å²) in [6.07, 6.45) is 0.347. The van der Waals surface area contributed by atoms with Gasteiger partial charge in [-0.3, -0.25) is 4.79 Å². The van der Waals surface area contributed by atoms with E-state index in [1.54, 1.807) is 39.3 Å². The fourth-order valence-electron chi connectivity index (χ4n) is 1.61. The molecule has 20 heavy (non-hydrogen) atoms. The third-order valence-corrected chi connectivity index (χ3v) is 2.65. The molecule has 0 aliphatic rings. The summed E-state index contributed by atoms with van der Waals surface area (Å²) < 4.78 is 20.8. The van der Waals surface area contributed by atoms with Gasteiger partial charge in [-0.2, -0.15) is 0 Å². The van der Waals surface area contributed by atoms with Gasteiger partial charge in [0.1, 0.15) is 6.04 Å². The minimum Gasteiger partial charge on any atom is -0.493 e. The number of carbonyl (C=O) groups excluding carboxylic acids is 1. The second kappa shape index (κ2) is 8.27. The maximum atomic E-state index is 11.4. The largest absolute Gasteiger partial charge is 0.493 e. The molecule has 6 nitrogen and oxygen atoms in total. The molecule has 0 bridgehead atoms. The standard InChI is InChI=1S/C14H21NO5/c1-4-19-14(16)10(15)8-9-20-13-11(17-2)6-5-7-12(13)18-3/h5-7,10H,4,8-9,15H2,1-3H3. The smallest absolute Gasteiger partial charge is 0.323 e. The summed E-state index contributed by atoms with van der Waals surface area (Å²) in [6, 6.07) is 4.64. The first-order valence-corrected chi connectivity index (χ1v) is 6.40. The van der Waals surface area contributed by atoms with E-state index in [2.05, 4.69) is 0 Å². The van der Waals surface area contributed by atoms with Crippen LogP contribution in [0.4, 0.5) is 0 Å². The molecule has 0 radical (unpaired) electrons. The van der Waals surface area contributed by atoms with Crippen LogP contribution < -0.4 is 19.9 Å². The fourth-order valence-corrected chi connectivity index (χ4v) is 1.61. The van der Waals surface area contributed by atoms with Gasteiger partial charge in [0, 0.05) is 6.42 Å². The molecule has 0 amide bonds. The van der Waals surface area contributed by atoms with Crippen molar-refractivity contribution in [2.45, 2.75) is 19.4 Å². The zero-order chi connectivity index (χ0) is 15.0. The van der Waals surface area contributed by atoms with E-state index in [4.69, 9.17) is 24.7 Å². The number of nitrogens with two attached hydrogens (primary N) is 1. The molecule has 6 heteroatoms. The first-order chi connectivity index (χ1) is 9.63. The molecule has 0 aliphatic heterocycles. The van der Waals surface area contributed by atoms with Gasteiger partial charge in [0.2, 0.25) is 5.75 Å². The maximum absolute atomic E-state index is 11.4. The van der Waals surface area contributed by atoms with Crippen LogP contribution >= 0.6 is 0 Å². The van der Waals surface area contributed by atoms with Crippen LogP contribution in [0.5, 0.6) is 17.2 Å². The van der Waals surface area contributed by atoms with Gasteiger partial charge in [0.15, 0.2) is 11.5 Å². The van der Waals surface area contributed by atoms with E-state index in [1.165, 1.54) is 0 Å². The van der Waals surface area contributed by atoms with Gasteiger partial charge in [-0.05, 0) is 19.1 Å². The quantitative estimate of drug-likeness (QED) is 0.726. The minimum atomic E-state index is -0.698. The van der Waals surface area contributed by atoms with Crippen LogP contribution in [-0.4, -0.2) is 39.4 Å². The molecular formula is C14H21NO5. The van der Waals surface area contributed by atoms with E-state index in [0.29, 0.717) is 30.3 Å². The van der Waals surface area contributed by atoms with Crippen LogP contribution in [0.1, 0.15) is 13.3 Å². The Morgan fingerprint density at radius 2 is 1.85 bits per heavy atom. The molecule has 1 atom stereocenters. The van der Waals surface area contributed by atoms with Crippen molar-refractivity contribution in [3.05, 3.63) is 18.2 Å². The second-order valence-corrected chi connectivity index (χ2v) is 3.99. The Morgan fingerprint density at radius 1 is 1.25 bits per heavy atom. The van der Waals surface area contributed by atoms with Gasteiger partial charge >= 0.3 is 5.97 Å². The predicted octanol–water partition coefficient (Wildman–Crippen LogP) is 1.36. The Hall–Kier alpha value is -1.95. The molecule has 1 aromatic carbocycles. The third kappa shape index (κ3) is 4.31. The monoisotopic (exact) mass is 283 g/mol. The molecule has 0 aromatic heterocycles. The van der Waals surface area contributed by atoms with Gasteiger partial charge in [-0.1, -0.05) is 6.07 Å². The lowest BCUT2D eigenvalue weighted by atomic mass is 10.2. The maximum Gasteiger partial charge on any atom is 0.323 e. The lowest BCUT2D eigenvalue weighted by molar-refractivity contribution is -0.145. The molecule has 0 saturated carbocycles. The molecule has 1 rings (SSSR count). The average Bonchev–Trinajstić information content (AvgIpc) is 2.47. The molecule has 1 unspecified atom stereocenters. The van der Waals surface area contributed by atoms with Crippen molar-refractivity contribution in [3.8, 4) is 17.2 Å². The van der Waals surface area contributed by atoms with E-state index in [9.17, 15) is 4.79 Å². The molecule has 0 saturated heterocycles. The number of carbonyl (C=O) groups is 1. The van der Waals surface area contributed by atoms with Crippen LogP contribution in [0, 0.1) is 0 Å². The Morgan fingerprint density at radius 3 is 2.35 bits per heavy atom.